The van der Waals surface area contributed by atoms with Gasteiger partial charge in [0.15, 0.2) is 0 Å². The van der Waals surface area contributed by atoms with Gasteiger partial charge in [-0.15, -0.1) is 11.8 Å². The molecule has 1 aliphatic rings. The fourth-order valence-electron chi connectivity index (χ4n) is 4.24. The highest BCUT2D eigenvalue weighted by atomic mass is 32.2. The number of thioether (sulfide) groups is 1. The van der Waals surface area contributed by atoms with Crippen molar-refractivity contribution in [2.75, 3.05) is 42.0 Å². The molecule has 0 unspecified atom stereocenters. The number of ether oxygens (including phenoxy) is 1. The van der Waals surface area contributed by atoms with E-state index in [9.17, 15) is 17.4 Å². The molecular formula is C26H28F3N3O2S2. The highest BCUT2D eigenvalue weighted by molar-refractivity contribution is 7.98. The second-order valence-corrected chi connectivity index (χ2v) is 11.0. The van der Waals surface area contributed by atoms with Crippen LogP contribution in [0.5, 0.6) is 5.75 Å². The van der Waals surface area contributed by atoms with Crippen molar-refractivity contribution >= 4 is 44.8 Å². The van der Waals surface area contributed by atoms with Gasteiger partial charge in [0.1, 0.15) is 12.3 Å². The minimum Gasteiger partial charge on any atom is -0.495 e. The van der Waals surface area contributed by atoms with Crippen LogP contribution in [0.4, 0.5) is 24.5 Å². The first-order chi connectivity index (χ1) is 17.3. The van der Waals surface area contributed by atoms with Crippen LogP contribution in [-0.4, -0.2) is 52.4 Å². The molecule has 0 radical (unpaired) electrons. The minimum absolute atomic E-state index is 0.144. The molecule has 2 heterocycles. The summed E-state index contributed by atoms with van der Waals surface area (Å²) in [5.74, 6) is 7.84. The number of benzene rings is 2. The molecular weight excluding hydrogens is 507 g/mol. The van der Waals surface area contributed by atoms with Crippen LogP contribution in [0.2, 0.25) is 0 Å². The smallest absolute Gasteiger partial charge is 0.406 e. The Morgan fingerprint density at radius 3 is 2.64 bits per heavy atom. The summed E-state index contributed by atoms with van der Waals surface area (Å²) in [5.41, 5.74) is 2.31. The zero-order valence-electron chi connectivity index (χ0n) is 20.1. The van der Waals surface area contributed by atoms with Crippen LogP contribution in [0.25, 0.3) is 10.9 Å². The number of halogens is 3. The van der Waals surface area contributed by atoms with E-state index < -0.39 is 23.5 Å². The standard InChI is InChI=1S/C26H28F3N3O2S2/c1-34-25-16-20(35-2)8-9-23(25)30-12-4-5-19-15-21-22(31-18-10-13-36(33)14-11-18)6-3-7-24(21)32(19)17-26(27,28)29/h3,6-9,15-16,18,30-31H,10-14,17H2,1-2H3. The van der Waals surface area contributed by atoms with E-state index in [0.29, 0.717) is 33.9 Å². The van der Waals surface area contributed by atoms with Crippen molar-refractivity contribution < 1.29 is 22.1 Å². The van der Waals surface area contributed by atoms with Gasteiger partial charge in [-0.3, -0.25) is 4.21 Å². The Bertz CT molecular complexity index is 1300. The first-order valence-corrected chi connectivity index (χ1v) is 14.2. The van der Waals surface area contributed by atoms with Crippen molar-refractivity contribution in [1.29, 1.82) is 0 Å². The van der Waals surface area contributed by atoms with Crippen LogP contribution >= 0.6 is 11.8 Å². The Labute approximate surface area is 215 Å². The Morgan fingerprint density at radius 1 is 1.17 bits per heavy atom. The Morgan fingerprint density at radius 2 is 1.94 bits per heavy atom. The maximum atomic E-state index is 13.5. The SMILES string of the molecule is COc1cc(SC)ccc1NCC#Cc1cc2c(NC3CCS(=O)CC3)cccc2n1CC(F)(F)F. The van der Waals surface area contributed by atoms with Gasteiger partial charge in [-0.05, 0) is 61.4 Å². The number of methoxy groups -OCH3 is 1. The van der Waals surface area contributed by atoms with Crippen molar-refractivity contribution in [2.24, 2.45) is 0 Å². The predicted octanol–water partition coefficient (Wildman–Crippen LogP) is 5.72. The lowest BCUT2D eigenvalue weighted by molar-refractivity contribution is -0.140. The van der Waals surface area contributed by atoms with Gasteiger partial charge in [-0.2, -0.15) is 13.2 Å². The lowest BCUT2D eigenvalue weighted by atomic mass is 10.1. The number of anilines is 2. The van der Waals surface area contributed by atoms with Gasteiger partial charge in [0.2, 0.25) is 0 Å². The van der Waals surface area contributed by atoms with Crippen molar-refractivity contribution in [1.82, 2.24) is 4.57 Å². The monoisotopic (exact) mass is 535 g/mol. The molecule has 1 aliphatic heterocycles. The molecule has 5 nitrogen and oxygen atoms in total. The third kappa shape index (κ3) is 6.51. The highest BCUT2D eigenvalue weighted by Crippen LogP contribution is 2.32. The van der Waals surface area contributed by atoms with Crippen LogP contribution in [0, 0.1) is 11.8 Å². The molecule has 0 saturated carbocycles. The van der Waals surface area contributed by atoms with Crippen LogP contribution < -0.4 is 15.4 Å². The van der Waals surface area contributed by atoms with Crippen LogP contribution in [0.3, 0.4) is 0 Å². The number of nitrogens with one attached hydrogen (secondary N) is 2. The zero-order valence-corrected chi connectivity index (χ0v) is 21.7. The van der Waals surface area contributed by atoms with Crippen molar-refractivity contribution in [3.8, 4) is 17.6 Å². The van der Waals surface area contributed by atoms with E-state index in [0.717, 1.165) is 29.1 Å². The lowest BCUT2D eigenvalue weighted by Crippen LogP contribution is -2.29. The molecule has 1 fully saturated rings. The third-order valence-electron chi connectivity index (χ3n) is 6.02. The summed E-state index contributed by atoms with van der Waals surface area (Å²) in [4.78, 5) is 1.06. The van der Waals surface area contributed by atoms with E-state index in [1.807, 2.05) is 30.5 Å². The molecule has 0 amide bonds. The number of hydrogen-bond acceptors (Lipinski definition) is 5. The fraction of sp³-hybridized carbons (Fsp3) is 0.385. The van der Waals surface area contributed by atoms with Crippen LogP contribution in [0.1, 0.15) is 18.5 Å². The molecule has 1 saturated heterocycles. The summed E-state index contributed by atoms with van der Waals surface area (Å²) in [6.45, 7) is -0.878. The van der Waals surface area contributed by atoms with Crippen LogP contribution in [-0.2, 0) is 17.3 Å². The first kappa shape index (κ1) is 26.3. The van der Waals surface area contributed by atoms with Crippen molar-refractivity contribution in [3.05, 3.63) is 48.2 Å². The fourth-order valence-corrected chi connectivity index (χ4v) is 5.97. The number of aromatic nitrogens is 1. The number of nitrogens with zero attached hydrogens (tertiary/aromatic N) is 1. The lowest BCUT2D eigenvalue weighted by Gasteiger charge is -2.24. The molecule has 0 atom stereocenters. The van der Waals surface area contributed by atoms with Crippen molar-refractivity contribution in [3.63, 3.8) is 0 Å². The second-order valence-electron chi connectivity index (χ2n) is 8.46. The average Bonchev–Trinajstić information content (AvgIpc) is 3.20. The Balaban J connectivity index is 1.59. The molecule has 192 valence electrons. The molecule has 1 aromatic heterocycles. The maximum absolute atomic E-state index is 13.5. The zero-order chi connectivity index (χ0) is 25.7. The molecule has 2 aromatic carbocycles. The summed E-state index contributed by atoms with van der Waals surface area (Å²) in [7, 11) is 0.805. The van der Waals surface area contributed by atoms with Crippen LogP contribution in [0.15, 0.2) is 47.4 Å². The van der Waals surface area contributed by atoms with E-state index in [4.69, 9.17) is 4.74 Å². The molecule has 0 spiro atoms. The highest BCUT2D eigenvalue weighted by Gasteiger charge is 2.30. The molecule has 3 aromatic rings. The average molecular weight is 536 g/mol. The second kappa shape index (κ2) is 11.5. The molecule has 0 aliphatic carbocycles. The molecule has 4 rings (SSSR count). The van der Waals surface area contributed by atoms with E-state index in [1.165, 1.54) is 4.57 Å². The molecule has 36 heavy (non-hydrogen) atoms. The van der Waals surface area contributed by atoms with Gasteiger partial charge >= 0.3 is 6.18 Å². The van der Waals surface area contributed by atoms with E-state index in [2.05, 4.69) is 22.5 Å². The maximum Gasteiger partial charge on any atom is 0.406 e. The van der Waals surface area contributed by atoms with Crippen molar-refractivity contribution in [2.45, 2.75) is 36.5 Å². The number of alkyl halides is 3. The summed E-state index contributed by atoms with van der Waals surface area (Å²) in [6, 6.07) is 12.9. The Kier molecular flexibility index (Phi) is 8.42. The van der Waals surface area contributed by atoms with Gasteiger partial charge < -0.3 is 19.9 Å². The Hall–Kier alpha value is -2.77. The quantitative estimate of drug-likeness (QED) is 0.299. The summed E-state index contributed by atoms with van der Waals surface area (Å²) >= 11 is 1.60. The van der Waals surface area contributed by atoms with Gasteiger partial charge in [-0.25, -0.2) is 0 Å². The summed E-state index contributed by atoms with van der Waals surface area (Å²) in [5, 5.41) is 7.33. The normalized spacial score (nSPS) is 17.9. The summed E-state index contributed by atoms with van der Waals surface area (Å²) in [6.07, 6.45) is -0.868. The first-order valence-electron chi connectivity index (χ1n) is 11.5. The number of rotatable bonds is 7. The number of hydrogen-bond donors (Lipinski definition) is 2. The van der Waals surface area contributed by atoms with E-state index in [1.54, 1.807) is 37.1 Å². The minimum atomic E-state index is -4.39. The summed E-state index contributed by atoms with van der Waals surface area (Å²) < 4.78 is 58.7. The van der Waals surface area contributed by atoms with Gasteiger partial charge in [0, 0.05) is 44.3 Å². The van der Waals surface area contributed by atoms with Gasteiger partial charge in [0.05, 0.1) is 30.6 Å². The topological polar surface area (TPSA) is 55.3 Å². The largest absolute Gasteiger partial charge is 0.495 e. The molecule has 10 heteroatoms. The number of fused-ring (bicyclic) bond motifs is 1. The van der Waals surface area contributed by atoms with E-state index >= 15 is 0 Å². The van der Waals surface area contributed by atoms with Gasteiger partial charge in [-0.1, -0.05) is 12.0 Å². The molecule has 2 N–H and O–H groups in total. The van der Waals surface area contributed by atoms with E-state index in [-0.39, 0.29) is 12.6 Å². The third-order valence-corrected chi connectivity index (χ3v) is 8.13. The predicted molar refractivity (Wildman–Crippen MR) is 143 cm³/mol. The molecule has 0 bridgehead atoms. The van der Waals surface area contributed by atoms with Gasteiger partial charge in [0.25, 0.3) is 0 Å².